The lowest BCUT2D eigenvalue weighted by molar-refractivity contribution is -0.00577. The quantitative estimate of drug-likeness (QED) is 0.680. The van der Waals surface area contributed by atoms with Crippen LogP contribution in [0.5, 0.6) is 0 Å². The maximum absolute atomic E-state index is 13.3. The number of benzene rings is 1. The molecule has 8 heteroatoms. The van der Waals surface area contributed by atoms with Gasteiger partial charge in [0.15, 0.2) is 5.82 Å². The molecule has 0 spiro atoms. The van der Waals surface area contributed by atoms with Crippen molar-refractivity contribution in [3.8, 4) is 11.5 Å². The zero-order valence-electron chi connectivity index (χ0n) is 16.4. The van der Waals surface area contributed by atoms with Gasteiger partial charge in [-0.15, -0.1) is 0 Å². The maximum Gasteiger partial charge on any atom is 0.261 e. The average molecular weight is 393 g/mol. The van der Waals surface area contributed by atoms with E-state index in [9.17, 15) is 4.79 Å². The Bertz CT molecular complexity index is 1040. The van der Waals surface area contributed by atoms with Gasteiger partial charge in [0.05, 0.1) is 25.0 Å². The summed E-state index contributed by atoms with van der Waals surface area (Å²) in [6.07, 6.45) is 8.04. The van der Waals surface area contributed by atoms with Crippen molar-refractivity contribution in [2.75, 3.05) is 19.8 Å². The lowest BCUT2D eigenvalue weighted by atomic mass is 9.90. The highest BCUT2D eigenvalue weighted by atomic mass is 16.5. The number of rotatable bonds is 3. The van der Waals surface area contributed by atoms with Gasteiger partial charge in [0.2, 0.25) is 0 Å². The van der Waals surface area contributed by atoms with E-state index in [0.29, 0.717) is 37.0 Å². The number of hydrogen-bond acceptors (Lipinski definition) is 6. The van der Waals surface area contributed by atoms with Crippen molar-refractivity contribution in [3.05, 3.63) is 53.1 Å². The Balaban J connectivity index is 1.41. The first-order chi connectivity index (χ1) is 14.2. The number of carbonyl (C=O) groups excluding carboxylic acids is 1. The standard InChI is InChI=1S/C21H23N5O3/c1-25-12-17(11-22-25)20-23-19(24-29-20)18-13-28-9-8-26(18)21(27)16-7-6-14-4-2-3-5-15(14)10-16/h6-7,10-12,18H,2-5,8-9,13H2,1H3/t18-/m1/s1. The van der Waals surface area contributed by atoms with Crippen molar-refractivity contribution in [1.29, 1.82) is 0 Å². The Hall–Kier alpha value is -3.00. The predicted molar refractivity (Wildman–Crippen MR) is 104 cm³/mol. The van der Waals surface area contributed by atoms with Crippen molar-refractivity contribution >= 4 is 5.91 Å². The molecule has 2 aromatic heterocycles. The molecule has 1 fully saturated rings. The summed E-state index contributed by atoms with van der Waals surface area (Å²) >= 11 is 0. The second-order valence-electron chi connectivity index (χ2n) is 7.64. The van der Waals surface area contributed by atoms with E-state index in [0.717, 1.165) is 18.4 Å². The van der Waals surface area contributed by atoms with Crippen LogP contribution in [0.4, 0.5) is 0 Å². The summed E-state index contributed by atoms with van der Waals surface area (Å²) in [5, 5.41) is 8.26. The topological polar surface area (TPSA) is 86.3 Å². The minimum atomic E-state index is -0.374. The molecule has 0 unspecified atom stereocenters. The molecule has 5 rings (SSSR count). The van der Waals surface area contributed by atoms with E-state index in [1.54, 1.807) is 15.8 Å². The van der Waals surface area contributed by atoms with Crippen LogP contribution < -0.4 is 0 Å². The monoisotopic (exact) mass is 393 g/mol. The molecule has 1 saturated heterocycles. The second-order valence-corrected chi connectivity index (χ2v) is 7.64. The van der Waals surface area contributed by atoms with E-state index < -0.39 is 0 Å². The molecule has 8 nitrogen and oxygen atoms in total. The Morgan fingerprint density at radius 2 is 2.07 bits per heavy atom. The lowest BCUT2D eigenvalue weighted by Crippen LogP contribution is -2.43. The van der Waals surface area contributed by atoms with Gasteiger partial charge in [-0.1, -0.05) is 11.2 Å². The number of nitrogens with zero attached hydrogens (tertiary/aromatic N) is 5. The zero-order chi connectivity index (χ0) is 19.8. The van der Waals surface area contributed by atoms with E-state index in [1.807, 2.05) is 19.3 Å². The third kappa shape index (κ3) is 3.44. The molecule has 150 valence electrons. The third-order valence-electron chi connectivity index (χ3n) is 5.68. The van der Waals surface area contributed by atoms with Crippen molar-refractivity contribution in [2.45, 2.75) is 31.7 Å². The predicted octanol–water partition coefficient (Wildman–Crippen LogP) is 2.56. The molecule has 1 amide bonds. The van der Waals surface area contributed by atoms with Gasteiger partial charge in [0, 0.05) is 25.4 Å². The molecule has 0 saturated carbocycles. The van der Waals surface area contributed by atoms with Crippen LogP contribution >= 0.6 is 0 Å². The largest absolute Gasteiger partial charge is 0.377 e. The number of amides is 1. The number of morpholine rings is 1. The molecule has 29 heavy (non-hydrogen) atoms. The van der Waals surface area contributed by atoms with Gasteiger partial charge in [-0.05, 0) is 48.9 Å². The fraction of sp³-hybridized carbons (Fsp3) is 0.429. The van der Waals surface area contributed by atoms with Gasteiger partial charge in [0.1, 0.15) is 6.04 Å². The van der Waals surface area contributed by atoms with E-state index in [2.05, 4.69) is 27.4 Å². The van der Waals surface area contributed by atoms with Crippen LogP contribution in [0, 0.1) is 0 Å². The number of ether oxygens (including phenoxy) is 1. The van der Waals surface area contributed by atoms with E-state index in [4.69, 9.17) is 9.26 Å². The number of fused-ring (bicyclic) bond motifs is 1. The minimum Gasteiger partial charge on any atom is -0.377 e. The summed E-state index contributed by atoms with van der Waals surface area (Å²) in [7, 11) is 1.83. The van der Waals surface area contributed by atoms with Crippen LogP contribution in [0.3, 0.4) is 0 Å². The molecule has 0 radical (unpaired) electrons. The zero-order valence-corrected chi connectivity index (χ0v) is 16.4. The Kier molecular flexibility index (Phi) is 4.63. The molecular formula is C21H23N5O3. The van der Waals surface area contributed by atoms with Gasteiger partial charge in [0.25, 0.3) is 11.8 Å². The molecule has 1 aliphatic carbocycles. The average Bonchev–Trinajstić information content (AvgIpc) is 3.42. The molecule has 3 heterocycles. The van der Waals surface area contributed by atoms with Crippen molar-refractivity contribution < 1.29 is 14.1 Å². The van der Waals surface area contributed by atoms with E-state index in [1.165, 1.54) is 24.0 Å². The fourth-order valence-corrected chi connectivity index (χ4v) is 4.11. The summed E-state index contributed by atoms with van der Waals surface area (Å²) < 4.78 is 12.7. The lowest BCUT2D eigenvalue weighted by Gasteiger charge is -2.34. The second kappa shape index (κ2) is 7.44. The number of aromatic nitrogens is 4. The smallest absolute Gasteiger partial charge is 0.261 e. The molecule has 0 N–H and O–H groups in total. The van der Waals surface area contributed by atoms with E-state index >= 15 is 0 Å². The molecule has 1 atom stereocenters. The molecule has 1 aliphatic heterocycles. The minimum absolute atomic E-state index is 0.0144. The summed E-state index contributed by atoms with van der Waals surface area (Å²) in [6, 6.07) is 5.73. The summed E-state index contributed by atoms with van der Waals surface area (Å²) in [4.78, 5) is 19.6. The summed E-state index contributed by atoms with van der Waals surface area (Å²) in [5.74, 6) is 0.828. The number of carbonyl (C=O) groups is 1. The van der Waals surface area contributed by atoms with Gasteiger partial charge >= 0.3 is 0 Å². The molecular weight excluding hydrogens is 370 g/mol. The SMILES string of the molecule is Cn1cc(-c2nc([C@H]3COCCN3C(=O)c3ccc4c(c3)CCCC4)no2)cn1. The van der Waals surface area contributed by atoms with Crippen LogP contribution in [0.2, 0.25) is 0 Å². The van der Waals surface area contributed by atoms with Crippen LogP contribution in [0.15, 0.2) is 35.1 Å². The third-order valence-corrected chi connectivity index (χ3v) is 5.68. The summed E-state index contributed by atoms with van der Waals surface area (Å²) in [5.41, 5.74) is 4.13. The van der Waals surface area contributed by atoms with E-state index in [-0.39, 0.29) is 11.9 Å². The number of hydrogen-bond donors (Lipinski definition) is 0. The molecule has 0 bridgehead atoms. The first kappa shape index (κ1) is 18.1. The molecule has 2 aliphatic rings. The van der Waals surface area contributed by atoms with Crippen LogP contribution in [-0.2, 0) is 24.6 Å². The normalized spacial score (nSPS) is 19.2. The molecule has 1 aromatic carbocycles. The summed E-state index contributed by atoms with van der Waals surface area (Å²) in [6.45, 7) is 1.35. The van der Waals surface area contributed by atoms with Crippen molar-refractivity contribution in [1.82, 2.24) is 24.8 Å². The highest BCUT2D eigenvalue weighted by Gasteiger charge is 2.33. The fourth-order valence-electron chi connectivity index (χ4n) is 4.11. The highest BCUT2D eigenvalue weighted by Crippen LogP contribution is 2.28. The Labute approximate surface area is 168 Å². The van der Waals surface area contributed by atoms with Gasteiger partial charge in [-0.25, -0.2) is 0 Å². The molecule has 3 aromatic rings. The first-order valence-electron chi connectivity index (χ1n) is 10.0. The maximum atomic E-state index is 13.3. The van der Waals surface area contributed by atoms with Crippen LogP contribution in [0.25, 0.3) is 11.5 Å². The Morgan fingerprint density at radius 3 is 2.90 bits per heavy atom. The number of aryl methyl sites for hydroxylation is 3. The highest BCUT2D eigenvalue weighted by molar-refractivity contribution is 5.94. The van der Waals surface area contributed by atoms with Gasteiger partial charge < -0.3 is 14.2 Å². The Morgan fingerprint density at radius 1 is 1.21 bits per heavy atom. The van der Waals surface area contributed by atoms with Gasteiger partial charge in [-0.2, -0.15) is 10.1 Å². The van der Waals surface area contributed by atoms with Crippen LogP contribution in [-0.4, -0.2) is 50.5 Å². The van der Waals surface area contributed by atoms with Crippen LogP contribution in [0.1, 0.15) is 46.2 Å². The van der Waals surface area contributed by atoms with Crippen molar-refractivity contribution in [2.24, 2.45) is 7.05 Å². The van der Waals surface area contributed by atoms with Crippen molar-refractivity contribution in [3.63, 3.8) is 0 Å². The van der Waals surface area contributed by atoms with Gasteiger partial charge in [-0.3, -0.25) is 9.48 Å². The first-order valence-corrected chi connectivity index (χ1v) is 10.0.